The molecule has 1 aromatic heterocycles. The third kappa shape index (κ3) is 1.05. The molecule has 0 amide bonds. The Bertz CT molecular complexity index is 209. The van der Waals surface area contributed by atoms with Crippen LogP contribution in [0.15, 0.2) is 6.20 Å². The van der Waals surface area contributed by atoms with E-state index < -0.39 is 5.95 Å². The van der Waals surface area contributed by atoms with Gasteiger partial charge in [-0.3, -0.25) is 0 Å². The summed E-state index contributed by atoms with van der Waals surface area (Å²) in [5.74, 6) is -0.459. The standard InChI is InChI=1S/C5H6ClFN2/c1-2-9-5(7)4(6)3-8-9/h3H,2H2,1H3. The summed E-state index contributed by atoms with van der Waals surface area (Å²) in [6, 6.07) is 0. The first-order valence-corrected chi connectivity index (χ1v) is 3.00. The SMILES string of the molecule is CCn1ncc(Cl)c1F. The van der Waals surface area contributed by atoms with E-state index in [1.807, 2.05) is 0 Å². The highest BCUT2D eigenvalue weighted by Gasteiger charge is 2.04. The molecule has 0 fully saturated rings. The summed E-state index contributed by atoms with van der Waals surface area (Å²) in [5, 5.41) is 3.72. The largest absolute Gasteiger partial charge is 0.239 e. The minimum Gasteiger partial charge on any atom is -0.239 e. The Morgan fingerprint density at radius 3 is 2.78 bits per heavy atom. The Hall–Kier alpha value is -0.570. The van der Waals surface area contributed by atoms with Crippen LogP contribution in [0.5, 0.6) is 0 Å². The molecular weight excluding hydrogens is 143 g/mol. The van der Waals surface area contributed by atoms with E-state index in [-0.39, 0.29) is 5.02 Å². The van der Waals surface area contributed by atoms with Crippen LogP contribution in [0.3, 0.4) is 0 Å². The molecule has 0 N–H and O–H groups in total. The number of aryl methyl sites for hydroxylation is 1. The number of hydrogen-bond donors (Lipinski definition) is 0. The molecule has 0 radical (unpaired) electrons. The van der Waals surface area contributed by atoms with Gasteiger partial charge in [-0.1, -0.05) is 11.6 Å². The molecule has 0 spiro atoms. The monoisotopic (exact) mass is 148 g/mol. The highest BCUT2D eigenvalue weighted by Crippen LogP contribution is 2.11. The molecule has 0 saturated heterocycles. The zero-order valence-corrected chi connectivity index (χ0v) is 5.69. The van der Waals surface area contributed by atoms with Crippen molar-refractivity contribution in [3.8, 4) is 0 Å². The molecule has 1 rings (SSSR count). The van der Waals surface area contributed by atoms with Crippen molar-refractivity contribution in [1.82, 2.24) is 9.78 Å². The van der Waals surface area contributed by atoms with E-state index in [4.69, 9.17) is 11.6 Å². The van der Waals surface area contributed by atoms with Gasteiger partial charge in [0.25, 0.3) is 0 Å². The van der Waals surface area contributed by atoms with Gasteiger partial charge in [-0.25, -0.2) is 4.68 Å². The summed E-state index contributed by atoms with van der Waals surface area (Å²) in [7, 11) is 0. The molecule has 0 unspecified atom stereocenters. The van der Waals surface area contributed by atoms with Crippen LogP contribution in [0.4, 0.5) is 4.39 Å². The summed E-state index contributed by atoms with van der Waals surface area (Å²) in [4.78, 5) is 0. The fourth-order valence-corrected chi connectivity index (χ4v) is 0.709. The lowest BCUT2D eigenvalue weighted by Crippen LogP contribution is -1.98. The van der Waals surface area contributed by atoms with Gasteiger partial charge >= 0.3 is 0 Å². The minimum atomic E-state index is -0.459. The summed E-state index contributed by atoms with van der Waals surface area (Å²) in [5.41, 5.74) is 0. The van der Waals surface area contributed by atoms with Crippen LogP contribution in [0, 0.1) is 5.95 Å². The molecule has 0 bridgehead atoms. The van der Waals surface area contributed by atoms with Gasteiger partial charge in [0.15, 0.2) is 0 Å². The Morgan fingerprint density at radius 1 is 1.89 bits per heavy atom. The second kappa shape index (κ2) is 2.35. The molecule has 0 aliphatic rings. The van der Waals surface area contributed by atoms with Gasteiger partial charge in [-0.15, -0.1) is 0 Å². The van der Waals surface area contributed by atoms with Gasteiger partial charge in [-0.05, 0) is 6.92 Å². The average molecular weight is 149 g/mol. The van der Waals surface area contributed by atoms with Gasteiger partial charge in [-0.2, -0.15) is 9.49 Å². The minimum absolute atomic E-state index is 0.0804. The molecule has 1 aromatic rings. The summed E-state index contributed by atoms with van der Waals surface area (Å²) in [6.45, 7) is 2.31. The van der Waals surface area contributed by atoms with Crippen LogP contribution in [0.25, 0.3) is 0 Å². The van der Waals surface area contributed by atoms with Crippen LogP contribution < -0.4 is 0 Å². The molecule has 2 nitrogen and oxygen atoms in total. The molecule has 4 heteroatoms. The number of hydrogen-bond acceptors (Lipinski definition) is 1. The van der Waals surface area contributed by atoms with Crippen molar-refractivity contribution in [2.24, 2.45) is 0 Å². The fourth-order valence-electron chi connectivity index (χ4n) is 0.568. The third-order valence-corrected chi connectivity index (χ3v) is 1.29. The van der Waals surface area contributed by atoms with E-state index >= 15 is 0 Å². The number of nitrogens with zero attached hydrogens (tertiary/aromatic N) is 2. The van der Waals surface area contributed by atoms with Crippen molar-refractivity contribution in [3.05, 3.63) is 17.2 Å². The summed E-state index contributed by atoms with van der Waals surface area (Å²) < 4.78 is 13.7. The topological polar surface area (TPSA) is 17.8 Å². The molecule has 0 saturated carbocycles. The molecule has 50 valence electrons. The van der Waals surface area contributed by atoms with Crippen molar-refractivity contribution in [2.45, 2.75) is 13.5 Å². The lowest BCUT2D eigenvalue weighted by Gasteiger charge is -1.92. The second-order valence-corrected chi connectivity index (χ2v) is 2.01. The van der Waals surface area contributed by atoms with Crippen molar-refractivity contribution in [2.75, 3.05) is 0 Å². The molecular formula is C5H6ClFN2. The maximum Gasteiger partial charge on any atom is 0.230 e. The summed E-state index contributed by atoms with van der Waals surface area (Å²) in [6.07, 6.45) is 1.29. The normalized spacial score (nSPS) is 10.1. The number of rotatable bonds is 1. The molecule has 1 heterocycles. The Morgan fingerprint density at radius 2 is 2.56 bits per heavy atom. The van der Waals surface area contributed by atoms with Crippen molar-refractivity contribution < 1.29 is 4.39 Å². The van der Waals surface area contributed by atoms with Crippen molar-refractivity contribution in [3.63, 3.8) is 0 Å². The highest BCUT2D eigenvalue weighted by atomic mass is 35.5. The zero-order chi connectivity index (χ0) is 6.85. The quantitative estimate of drug-likeness (QED) is 0.593. The first-order valence-electron chi connectivity index (χ1n) is 2.62. The van der Waals surface area contributed by atoms with Crippen LogP contribution in [0.1, 0.15) is 6.92 Å². The van der Waals surface area contributed by atoms with E-state index in [0.717, 1.165) is 0 Å². The smallest absolute Gasteiger partial charge is 0.230 e. The average Bonchev–Trinajstić information content (AvgIpc) is 2.15. The Balaban J connectivity index is 3.04. The van der Waals surface area contributed by atoms with Gasteiger partial charge in [0, 0.05) is 6.54 Å². The van der Waals surface area contributed by atoms with E-state index in [0.29, 0.717) is 6.54 Å². The lowest BCUT2D eigenvalue weighted by atomic mass is 10.7. The van der Waals surface area contributed by atoms with Crippen LogP contribution >= 0.6 is 11.6 Å². The van der Waals surface area contributed by atoms with Gasteiger partial charge in [0.05, 0.1) is 6.20 Å². The Kier molecular flexibility index (Phi) is 1.71. The van der Waals surface area contributed by atoms with Crippen LogP contribution in [-0.4, -0.2) is 9.78 Å². The molecule has 0 aliphatic carbocycles. The van der Waals surface area contributed by atoms with E-state index in [9.17, 15) is 4.39 Å². The van der Waals surface area contributed by atoms with Crippen molar-refractivity contribution in [1.29, 1.82) is 0 Å². The van der Waals surface area contributed by atoms with E-state index in [1.54, 1.807) is 6.92 Å². The second-order valence-electron chi connectivity index (χ2n) is 1.60. The number of halogens is 2. The zero-order valence-electron chi connectivity index (χ0n) is 4.93. The molecule has 0 aliphatic heterocycles. The Labute approximate surface area is 57.2 Å². The maximum atomic E-state index is 12.5. The summed E-state index contributed by atoms with van der Waals surface area (Å²) >= 11 is 5.35. The lowest BCUT2D eigenvalue weighted by molar-refractivity contribution is 0.471. The first-order chi connectivity index (χ1) is 4.25. The third-order valence-electron chi connectivity index (χ3n) is 1.03. The predicted molar refractivity (Wildman–Crippen MR) is 32.9 cm³/mol. The number of aromatic nitrogens is 2. The van der Waals surface area contributed by atoms with Crippen molar-refractivity contribution >= 4 is 11.6 Å². The van der Waals surface area contributed by atoms with Crippen LogP contribution in [0.2, 0.25) is 5.02 Å². The highest BCUT2D eigenvalue weighted by molar-refractivity contribution is 6.30. The van der Waals surface area contributed by atoms with Crippen LogP contribution in [-0.2, 0) is 6.54 Å². The van der Waals surface area contributed by atoms with E-state index in [1.165, 1.54) is 10.9 Å². The van der Waals surface area contributed by atoms with Gasteiger partial charge < -0.3 is 0 Å². The first kappa shape index (κ1) is 6.55. The van der Waals surface area contributed by atoms with E-state index in [2.05, 4.69) is 5.10 Å². The van der Waals surface area contributed by atoms with Gasteiger partial charge in [0.2, 0.25) is 5.95 Å². The predicted octanol–water partition coefficient (Wildman–Crippen LogP) is 1.70. The fraction of sp³-hybridized carbons (Fsp3) is 0.400. The molecule has 0 aromatic carbocycles. The molecule has 0 atom stereocenters. The molecule has 9 heavy (non-hydrogen) atoms. The maximum absolute atomic E-state index is 12.5. The van der Waals surface area contributed by atoms with Gasteiger partial charge in [0.1, 0.15) is 5.02 Å².